The molecule has 3 aliphatic rings. The molecule has 0 amide bonds. The summed E-state index contributed by atoms with van der Waals surface area (Å²) in [5.74, 6) is 3.18. The molecule has 5 heteroatoms. The maximum Gasteiger partial charge on any atom is 0.161 e. The van der Waals surface area contributed by atoms with Crippen LogP contribution in [0.25, 0.3) is 0 Å². The van der Waals surface area contributed by atoms with Crippen LogP contribution in [0.2, 0.25) is 0 Å². The summed E-state index contributed by atoms with van der Waals surface area (Å²) >= 11 is 0. The van der Waals surface area contributed by atoms with Gasteiger partial charge in [-0.3, -0.25) is 4.90 Å². The van der Waals surface area contributed by atoms with E-state index < -0.39 is 0 Å². The number of phenols is 1. The van der Waals surface area contributed by atoms with E-state index in [1.165, 1.54) is 41.5 Å². The minimum atomic E-state index is 0.219. The van der Waals surface area contributed by atoms with Crippen molar-refractivity contribution in [2.45, 2.75) is 44.7 Å². The summed E-state index contributed by atoms with van der Waals surface area (Å²) in [6, 6.07) is 8.55. The Labute approximate surface area is 172 Å². The third-order valence-corrected chi connectivity index (χ3v) is 6.88. The van der Waals surface area contributed by atoms with E-state index in [2.05, 4.69) is 17.0 Å². The molecule has 0 spiro atoms. The molecule has 0 bridgehead atoms. The molecule has 1 unspecified atom stereocenters. The zero-order valence-electron chi connectivity index (χ0n) is 17.2. The average molecular weight is 395 g/mol. The predicted molar refractivity (Wildman–Crippen MR) is 111 cm³/mol. The monoisotopic (exact) mass is 395 g/mol. The van der Waals surface area contributed by atoms with Gasteiger partial charge in [-0.05, 0) is 78.1 Å². The van der Waals surface area contributed by atoms with E-state index in [9.17, 15) is 5.11 Å². The van der Waals surface area contributed by atoms with Crippen molar-refractivity contribution in [3.63, 3.8) is 0 Å². The highest BCUT2D eigenvalue weighted by molar-refractivity contribution is 5.52. The molecular weight excluding hydrogens is 366 g/mol. The molecular formula is C24H29NO4. The minimum Gasteiger partial charge on any atom is -0.504 e. The van der Waals surface area contributed by atoms with Gasteiger partial charge in [0.25, 0.3) is 0 Å². The molecule has 1 aliphatic carbocycles. The number of rotatable bonds is 5. The van der Waals surface area contributed by atoms with Crippen LogP contribution < -0.4 is 14.2 Å². The van der Waals surface area contributed by atoms with Gasteiger partial charge in [0.15, 0.2) is 23.0 Å². The van der Waals surface area contributed by atoms with E-state index in [1.807, 2.05) is 12.1 Å². The number of ether oxygens (including phenoxy) is 3. The number of aromatic hydroxyl groups is 1. The largest absolute Gasteiger partial charge is 0.504 e. The molecule has 1 N–H and O–H groups in total. The summed E-state index contributed by atoms with van der Waals surface area (Å²) in [4.78, 5) is 2.50. The molecule has 29 heavy (non-hydrogen) atoms. The van der Waals surface area contributed by atoms with Crippen molar-refractivity contribution in [3.05, 3.63) is 46.5 Å². The Morgan fingerprint density at radius 3 is 2.48 bits per heavy atom. The van der Waals surface area contributed by atoms with E-state index in [4.69, 9.17) is 14.2 Å². The van der Waals surface area contributed by atoms with E-state index in [0.717, 1.165) is 44.0 Å². The van der Waals surface area contributed by atoms with Gasteiger partial charge in [-0.25, -0.2) is 0 Å². The molecule has 2 aromatic carbocycles. The van der Waals surface area contributed by atoms with Crippen LogP contribution in [0, 0.1) is 5.92 Å². The topological polar surface area (TPSA) is 51.2 Å². The second-order valence-electron chi connectivity index (χ2n) is 8.54. The van der Waals surface area contributed by atoms with Gasteiger partial charge in [0.05, 0.1) is 20.8 Å². The molecule has 1 fully saturated rings. The van der Waals surface area contributed by atoms with E-state index in [0.29, 0.717) is 17.7 Å². The molecule has 2 heterocycles. The van der Waals surface area contributed by atoms with Gasteiger partial charge in [0.2, 0.25) is 0 Å². The summed E-state index contributed by atoms with van der Waals surface area (Å²) in [5.41, 5.74) is 5.14. The smallest absolute Gasteiger partial charge is 0.161 e. The fourth-order valence-electron chi connectivity index (χ4n) is 4.91. The van der Waals surface area contributed by atoms with Crippen molar-refractivity contribution >= 4 is 0 Å². The molecule has 5 nitrogen and oxygen atoms in total. The SMILES string of the molecule is COc1cc2c(cc1O)CN1CCc3cc(OCC4CCC4)c(OC)cc3C1C2. The van der Waals surface area contributed by atoms with Crippen LogP contribution in [0.3, 0.4) is 0 Å². The molecule has 0 radical (unpaired) electrons. The Morgan fingerprint density at radius 1 is 0.966 bits per heavy atom. The molecule has 0 saturated heterocycles. The van der Waals surface area contributed by atoms with Gasteiger partial charge in [-0.15, -0.1) is 0 Å². The van der Waals surface area contributed by atoms with Crippen molar-refractivity contribution < 1.29 is 19.3 Å². The summed E-state index contributed by atoms with van der Waals surface area (Å²) in [6.07, 6.45) is 5.81. The Bertz CT molecular complexity index is 922. The Kier molecular flexibility index (Phi) is 4.78. The third kappa shape index (κ3) is 3.31. The normalized spacial score (nSPS) is 20.8. The van der Waals surface area contributed by atoms with E-state index in [-0.39, 0.29) is 5.75 Å². The number of phenolic OH excluding ortho intramolecular Hbond substituents is 1. The number of hydrogen-bond donors (Lipinski definition) is 1. The van der Waals surface area contributed by atoms with Gasteiger partial charge in [0, 0.05) is 19.1 Å². The lowest BCUT2D eigenvalue weighted by Gasteiger charge is -2.41. The van der Waals surface area contributed by atoms with Crippen LogP contribution in [-0.2, 0) is 19.4 Å². The van der Waals surface area contributed by atoms with Gasteiger partial charge in [-0.1, -0.05) is 6.42 Å². The zero-order valence-corrected chi connectivity index (χ0v) is 17.2. The van der Waals surface area contributed by atoms with Crippen LogP contribution in [0.5, 0.6) is 23.0 Å². The van der Waals surface area contributed by atoms with Crippen molar-refractivity contribution in [1.82, 2.24) is 4.90 Å². The van der Waals surface area contributed by atoms with Gasteiger partial charge >= 0.3 is 0 Å². The zero-order chi connectivity index (χ0) is 20.0. The van der Waals surface area contributed by atoms with Crippen molar-refractivity contribution in [1.29, 1.82) is 0 Å². The Balaban J connectivity index is 1.45. The Hall–Kier alpha value is -2.40. The fraction of sp³-hybridized carbons (Fsp3) is 0.500. The quantitative estimate of drug-likeness (QED) is 0.821. The summed E-state index contributed by atoms with van der Waals surface area (Å²) in [5, 5.41) is 10.2. The standard InChI is InChI=1S/C24H29NO4/c1-27-22-11-17-8-20-19-12-23(28-2)24(29-14-15-4-3-5-15)10-16(19)6-7-25(20)13-18(17)9-21(22)26/h9-12,15,20,26H,3-8,13-14H2,1-2H3. The fourth-order valence-corrected chi connectivity index (χ4v) is 4.91. The number of benzene rings is 2. The van der Waals surface area contributed by atoms with Crippen molar-refractivity contribution in [2.24, 2.45) is 5.92 Å². The first-order valence-corrected chi connectivity index (χ1v) is 10.6. The highest BCUT2D eigenvalue weighted by atomic mass is 16.5. The van der Waals surface area contributed by atoms with Gasteiger partial charge in [-0.2, -0.15) is 0 Å². The van der Waals surface area contributed by atoms with Crippen molar-refractivity contribution in [3.8, 4) is 23.0 Å². The molecule has 5 rings (SSSR count). The average Bonchev–Trinajstić information content (AvgIpc) is 2.70. The van der Waals surface area contributed by atoms with Crippen LogP contribution in [0.1, 0.15) is 47.6 Å². The highest BCUT2D eigenvalue weighted by Gasteiger charge is 2.34. The van der Waals surface area contributed by atoms with Gasteiger partial charge in [0.1, 0.15) is 0 Å². The Morgan fingerprint density at radius 2 is 1.76 bits per heavy atom. The molecule has 1 saturated carbocycles. The van der Waals surface area contributed by atoms with Gasteiger partial charge < -0.3 is 19.3 Å². The van der Waals surface area contributed by atoms with Crippen LogP contribution in [0.15, 0.2) is 24.3 Å². The van der Waals surface area contributed by atoms with Crippen molar-refractivity contribution in [2.75, 3.05) is 27.4 Å². The minimum absolute atomic E-state index is 0.219. The van der Waals surface area contributed by atoms with E-state index in [1.54, 1.807) is 14.2 Å². The lowest BCUT2D eigenvalue weighted by atomic mass is 9.83. The lowest BCUT2D eigenvalue weighted by Crippen LogP contribution is -2.39. The molecule has 2 aromatic rings. The number of methoxy groups -OCH3 is 2. The molecule has 154 valence electrons. The molecule has 1 atom stereocenters. The molecule has 0 aromatic heterocycles. The van der Waals surface area contributed by atoms with E-state index >= 15 is 0 Å². The molecule has 2 aliphatic heterocycles. The second kappa shape index (κ2) is 7.45. The lowest BCUT2D eigenvalue weighted by molar-refractivity contribution is 0.157. The first kappa shape index (κ1) is 18.6. The summed E-state index contributed by atoms with van der Waals surface area (Å²) < 4.78 is 17.2. The van der Waals surface area contributed by atoms with Crippen LogP contribution in [0.4, 0.5) is 0 Å². The predicted octanol–water partition coefficient (Wildman–Crippen LogP) is 4.24. The first-order chi connectivity index (χ1) is 14.2. The maximum absolute atomic E-state index is 10.2. The highest BCUT2D eigenvalue weighted by Crippen LogP contribution is 2.44. The van der Waals surface area contributed by atoms with Crippen LogP contribution in [-0.4, -0.2) is 37.4 Å². The number of fused-ring (bicyclic) bond motifs is 4. The maximum atomic E-state index is 10.2. The number of hydrogen-bond acceptors (Lipinski definition) is 5. The first-order valence-electron chi connectivity index (χ1n) is 10.6. The van der Waals surface area contributed by atoms with Crippen LogP contribution >= 0.6 is 0 Å². The second-order valence-corrected chi connectivity index (χ2v) is 8.54. The summed E-state index contributed by atoms with van der Waals surface area (Å²) in [6.45, 7) is 2.65. The number of nitrogens with zero attached hydrogens (tertiary/aromatic N) is 1. The third-order valence-electron chi connectivity index (χ3n) is 6.88. The summed E-state index contributed by atoms with van der Waals surface area (Å²) in [7, 11) is 3.32.